The number of rotatable bonds is 4. The second-order valence-corrected chi connectivity index (χ2v) is 6.86. The monoisotopic (exact) mass is 388 g/mol. The minimum Gasteiger partial charge on any atom is -0.423 e. The number of benzene rings is 3. The van der Waals surface area contributed by atoms with Gasteiger partial charge in [-0.15, -0.1) is 11.3 Å². The van der Waals surface area contributed by atoms with Crippen LogP contribution in [0.15, 0.2) is 77.1 Å². The number of carbonyl (C=O) groups excluding carboxylic acids is 1. The van der Waals surface area contributed by atoms with Gasteiger partial charge in [-0.2, -0.15) is 4.99 Å². The van der Waals surface area contributed by atoms with E-state index in [1.54, 1.807) is 18.2 Å². The van der Waals surface area contributed by atoms with Crippen molar-refractivity contribution in [2.45, 2.75) is 0 Å². The van der Waals surface area contributed by atoms with Crippen molar-refractivity contribution >= 4 is 39.2 Å². The maximum atomic E-state index is 12.4. The van der Waals surface area contributed by atoms with Crippen molar-refractivity contribution in [3.63, 3.8) is 0 Å². The molecule has 138 valence electrons. The molecular formula is C21H16N4O2S. The Kier molecular flexibility index (Phi) is 4.74. The molecule has 7 heteroatoms. The van der Waals surface area contributed by atoms with E-state index >= 15 is 0 Å². The second kappa shape index (κ2) is 7.50. The van der Waals surface area contributed by atoms with Crippen LogP contribution in [0.1, 0.15) is 10.4 Å². The zero-order valence-corrected chi connectivity index (χ0v) is 15.5. The molecule has 0 fully saturated rings. The number of hydrogen-bond donors (Lipinski definition) is 2. The first kappa shape index (κ1) is 17.7. The Labute approximate surface area is 165 Å². The molecule has 0 unspecified atom stereocenters. The minimum absolute atomic E-state index is 0.0307. The number of nitrogens with zero attached hydrogens (tertiary/aromatic N) is 2. The topological polar surface area (TPSA) is 104 Å². The third-order valence-electron chi connectivity index (χ3n) is 4.06. The number of thiazole rings is 1. The maximum absolute atomic E-state index is 12.4. The number of ether oxygens (including phenoxy) is 1. The molecule has 1 aromatic heterocycles. The van der Waals surface area contributed by atoms with Gasteiger partial charge in [-0.1, -0.05) is 30.3 Å². The Balaban J connectivity index is 1.50. The fourth-order valence-corrected chi connectivity index (χ4v) is 3.45. The van der Waals surface area contributed by atoms with Gasteiger partial charge in [0.1, 0.15) is 5.75 Å². The summed E-state index contributed by atoms with van der Waals surface area (Å²) in [5.41, 5.74) is 12.9. The Morgan fingerprint density at radius 1 is 0.964 bits per heavy atom. The highest BCUT2D eigenvalue weighted by Crippen LogP contribution is 2.28. The second-order valence-electron chi connectivity index (χ2n) is 6.03. The highest BCUT2D eigenvalue weighted by Gasteiger charge is 2.10. The van der Waals surface area contributed by atoms with E-state index in [1.807, 2.05) is 53.9 Å². The number of hydrogen-bond acceptors (Lipinski definition) is 5. The molecule has 0 aliphatic carbocycles. The van der Waals surface area contributed by atoms with E-state index in [1.165, 1.54) is 11.3 Å². The van der Waals surface area contributed by atoms with Crippen molar-refractivity contribution in [2.75, 3.05) is 0 Å². The van der Waals surface area contributed by atoms with Crippen LogP contribution in [0, 0.1) is 0 Å². The molecule has 28 heavy (non-hydrogen) atoms. The van der Waals surface area contributed by atoms with Crippen LogP contribution in [0.5, 0.6) is 5.75 Å². The first-order valence-electron chi connectivity index (χ1n) is 8.45. The highest BCUT2D eigenvalue weighted by atomic mass is 32.1. The Morgan fingerprint density at radius 2 is 1.71 bits per heavy atom. The first-order valence-corrected chi connectivity index (χ1v) is 9.33. The molecule has 0 bridgehead atoms. The van der Waals surface area contributed by atoms with Gasteiger partial charge in [0.2, 0.25) is 5.13 Å². The summed E-state index contributed by atoms with van der Waals surface area (Å²) < 4.78 is 5.49. The summed E-state index contributed by atoms with van der Waals surface area (Å²) in [6, 6.07) is 20.5. The molecule has 0 saturated carbocycles. The van der Waals surface area contributed by atoms with E-state index in [9.17, 15) is 4.79 Å². The van der Waals surface area contributed by atoms with Gasteiger partial charge in [0.15, 0.2) is 5.96 Å². The fraction of sp³-hybridized carbons (Fsp3) is 0. The van der Waals surface area contributed by atoms with Crippen LogP contribution in [-0.4, -0.2) is 16.9 Å². The number of aromatic nitrogens is 1. The largest absolute Gasteiger partial charge is 0.423 e. The van der Waals surface area contributed by atoms with Gasteiger partial charge in [0.05, 0.1) is 11.3 Å². The average molecular weight is 388 g/mol. The molecule has 0 radical (unpaired) electrons. The van der Waals surface area contributed by atoms with Crippen molar-refractivity contribution in [2.24, 2.45) is 16.5 Å². The summed E-state index contributed by atoms with van der Waals surface area (Å²) in [6.45, 7) is 0. The van der Waals surface area contributed by atoms with Gasteiger partial charge in [-0.3, -0.25) is 0 Å². The van der Waals surface area contributed by atoms with E-state index < -0.39 is 5.97 Å². The normalized spacial score (nSPS) is 10.6. The fourth-order valence-electron chi connectivity index (χ4n) is 2.73. The van der Waals surface area contributed by atoms with Crippen LogP contribution in [0.4, 0.5) is 5.13 Å². The lowest BCUT2D eigenvalue weighted by molar-refractivity contribution is 0.0735. The zero-order valence-electron chi connectivity index (χ0n) is 14.7. The van der Waals surface area contributed by atoms with Crippen LogP contribution in [0.25, 0.3) is 22.0 Å². The molecule has 0 aliphatic heterocycles. The minimum atomic E-state index is -0.401. The van der Waals surface area contributed by atoms with Crippen LogP contribution in [0.2, 0.25) is 0 Å². The summed E-state index contributed by atoms with van der Waals surface area (Å²) >= 11 is 1.34. The Bertz CT molecular complexity index is 1180. The van der Waals surface area contributed by atoms with E-state index in [2.05, 4.69) is 9.98 Å². The zero-order chi connectivity index (χ0) is 19.5. The Hall–Kier alpha value is -3.71. The predicted octanol–water partition coefficient (Wildman–Crippen LogP) is 4.09. The van der Waals surface area contributed by atoms with Crippen LogP contribution in [-0.2, 0) is 0 Å². The molecule has 0 amide bonds. The van der Waals surface area contributed by atoms with Crippen LogP contribution >= 0.6 is 11.3 Å². The van der Waals surface area contributed by atoms with Gasteiger partial charge in [0, 0.05) is 10.9 Å². The highest BCUT2D eigenvalue weighted by molar-refractivity contribution is 7.13. The Morgan fingerprint density at radius 3 is 2.46 bits per heavy atom. The van der Waals surface area contributed by atoms with Crippen molar-refractivity contribution in [3.05, 3.63) is 77.7 Å². The smallest absolute Gasteiger partial charge is 0.343 e. The van der Waals surface area contributed by atoms with E-state index in [4.69, 9.17) is 16.2 Å². The molecule has 1 heterocycles. The van der Waals surface area contributed by atoms with Crippen LogP contribution < -0.4 is 16.2 Å². The van der Waals surface area contributed by atoms with Gasteiger partial charge < -0.3 is 16.2 Å². The lowest BCUT2D eigenvalue weighted by Crippen LogP contribution is -2.21. The number of nitrogens with two attached hydrogens (primary N) is 2. The lowest BCUT2D eigenvalue weighted by atomic mass is 10.1. The molecule has 0 saturated heterocycles. The van der Waals surface area contributed by atoms with E-state index in [0.717, 1.165) is 22.0 Å². The quantitative estimate of drug-likeness (QED) is 0.237. The summed E-state index contributed by atoms with van der Waals surface area (Å²) in [5, 5.41) is 4.42. The third kappa shape index (κ3) is 3.84. The standard InChI is InChI=1S/C21H16N4O2S/c22-20(23)25-21-24-18(12-28-21)14-7-9-17(10-8-14)27-19(26)16-6-5-13-3-1-2-4-15(13)11-16/h1-12H,(H4,22,23,24,25). The van der Waals surface area contributed by atoms with Gasteiger partial charge in [-0.25, -0.2) is 9.78 Å². The summed E-state index contributed by atoms with van der Waals surface area (Å²) in [7, 11) is 0. The van der Waals surface area contributed by atoms with Crippen molar-refractivity contribution in [1.29, 1.82) is 0 Å². The van der Waals surface area contributed by atoms with Crippen LogP contribution in [0.3, 0.4) is 0 Å². The molecule has 6 nitrogen and oxygen atoms in total. The van der Waals surface area contributed by atoms with Crippen molar-refractivity contribution in [3.8, 4) is 17.0 Å². The van der Waals surface area contributed by atoms with E-state index in [-0.39, 0.29) is 5.96 Å². The summed E-state index contributed by atoms with van der Waals surface area (Å²) in [5.74, 6) is 0.0284. The summed E-state index contributed by atoms with van der Waals surface area (Å²) in [6.07, 6.45) is 0. The average Bonchev–Trinajstić information content (AvgIpc) is 3.16. The number of esters is 1. The number of aliphatic imine (C=N–C) groups is 1. The number of carbonyl (C=O) groups is 1. The maximum Gasteiger partial charge on any atom is 0.343 e. The molecular weight excluding hydrogens is 372 g/mol. The first-order chi connectivity index (χ1) is 13.6. The molecule has 4 rings (SSSR count). The van der Waals surface area contributed by atoms with Gasteiger partial charge in [0.25, 0.3) is 0 Å². The number of guanidine groups is 1. The number of fused-ring (bicyclic) bond motifs is 1. The third-order valence-corrected chi connectivity index (χ3v) is 4.80. The van der Waals surface area contributed by atoms with Gasteiger partial charge >= 0.3 is 5.97 Å². The molecule has 0 spiro atoms. The SMILES string of the molecule is NC(N)=Nc1nc(-c2ccc(OC(=O)c3ccc4ccccc4c3)cc2)cs1. The lowest BCUT2D eigenvalue weighted by Gasteiger charge is -2.06. The molecule has 0 atom stereocenters. The van der Waals surface area contributed by atoms with Crippen molar-refractivity contribution < 1.29 is 9.53 Å². The predicted molar refractivity (Wildman–Crippen MR) is 112 cm³/mol. The van der Waals surface area contributed by atoms with E-state index in [0.29, 0.717) is 16.4 Å². The molecule has 3 aromatic carbocycles. The molecule has 4 N–H and O–H groups in total. The summed E-state index contributed by atoms with van der Waals surface area (Å²) in [4.78, 5) is 20.7. The molecule has 4 aromatic rings. The molecule has 0 aliphatic rings. The van der Waals surface area contributed by atoms with Crippen molar-refractivity contribution in [1.82, 2.24) is 4.98 Å². The van der Waals surface area contributed by atoms with Gasteiger partial charge in [-0.05, 0) is 47.2 Å².